The van der Waals surface area contributed by atoms with E-state index in [1.54, 1.807) is 0 Å². The molecule has 0 aliphatic rings. The van der Waals surface area contributed by atoms with Gasteiger partial charge in [0.1, 0.15) is 5.58 Å². The van der Waals surface area contributed by atoms with Crippen LogP contribution in [0.5, 0.6) is 0 Å². The summed E-state index contributed by atoms with van der Waals surface area (Å²) in [5.41, 5.74) is -0.672. The zero-order valence-corrected chi connectivity index (χ0v) is 12.7. The summed E-state index contributed by atoms with van der Waals surface area (Å²) in [5.74, 6) is -0.995. The van der Waals surface area contributed by atoms with Gasteiger partial charge in [-0.2, -0.15) is 0 Å². The van der Waals surface area contributed by atoms with Gasteiger partial charge in [-0.25, -0.2) is 4.79 Å². The number of carbonyl (C=O) groups excluding carboxylic acids is 1. The highest BCUT2D eigenvalue weighted by Gasteiger charge is 2.16. The van der Waals surface area contributed by atoms with Gasteiger partial charge in [0.15, 0.2) is 5.43 Å². The molecule has 2 aromatic rings. The van der Waals surface area contributed by atoms with E-state index in [1.165, 1.54) is 12.1 Å². The van der Waals surface area contributed by atoms with Crippen LogP contribution >= 0.6 is 0 Å². The molecule has 1 heterocycles. The van der Waals surface area contributed by atoms with Crippen molar-refractivity contribution in [2.75, 3.05) is 6.61 Å². The number of benzene rings is 1. The molecule has 0 saturated carbocycles. The minimum Gasteiger partial charge on any atom is -0.460 e. The van der Waals surface area contributed by atoms with Gasteiger partial charge in [-0.05, 0) is 12.5 Å². The van der Waals surface area contributed by atoms with Gasteiger partial charge in [0.25, 0.3) is 5.69 Å². The summed E-state index contributed by atoms with van der Waals surface area (Å²) in [5, 5.41) is 10.9. The van der Waals surface area contributed by atoms with Crippen LogP contribution in [0.1, 0.15) is 43.2 Å². The highest BCUT2D eigenvalue weighted by atomic mass is 16.6. The molecule has 0 saturated heterocycles. The van der Waals surface area contributed by atoms with E-state index in [0.717, 1.165) is 37.8 Å². The highest BCUT2D eigenvalue weighted by molar-refractivity contribution is 5.89. The first-order chi connectivity index (χ1) is 11.0. The Morgan fingerprint density at radius 3 is 2.74 bits per heavy atom. The Hall–Kier alpha value is -2.70. The third-order valence-corrected chi connectivity index (χ3v) is 3.36. The van der Waals surface area contributed by atoms with Crippen LogP contribution in [0.4, 0.5) is 5.69 Å². The van der Waals surface area contributed by atoms with E-state index in [-0.39, 0.29) is 29.0 Å². The number of nitro groups is 1. The molecule has 0 aliphatic carbocycles. The molecule has 7 nitrogen and oxygen atoms in total. The first-order valence-corrected chi connectivity index (χ1v) is 7.42. The summed E-state index contributed by atoms with van der Waals surface area (Å²) in [6, 6.07) is 4.68. The van der Waals surface area contributed by atoms with Crippen LogP contribution in [0.25, 0.3) is 11.0 Å². The number of unbranched alkanes of at least 4 members (excludes halogenated alkanes) is 3. The third-order valence-electron chi connectivity index (χ3n) is 3.36. The molecule has 1 aromatic heterocycles. The van der Waals surface area contributed by atoms with Crippen LogP contribution < -0.4 is 5.43 Å². The minimum absolute atomic E-state index is 0.00960. The lowest BCUT2D eigenvalue weighted by atomic mass is 10.2. The Labute approximate surface area is 132 Å². The van der Waals surface area contributed by atoms with Crippen LogP contribution in [0.15, 0.2) is 33.5 Å². The van der Waals surface area contributed by atoms with Crippen LogP contribution in [0.3, 0.4) is 0 Å². The van der Waals surface area contributed by atoms with Gasteiger partial charge in [-0.15, -0.1) is 0 Å². The molecule has 0 atom stereocenters. The fourth-order valence-corrected chi connectivity index (χ4v) is 2.12. The maximum absolute atomic E-state index is 12.0. The van der Waals surface area contributed by atoms with Crippen molar-refractivity contribution in [1.29, 1.82) is 0 Å². The van der Waals surface area contributed by atoms with Gasteiger partial charge in [0.2, 0.25) is 5.76 Å². The molecule has 0 N–H and O–H groups in total. The van der Waals surface area contributed by atoms with E-state index in [9.17, 15) is 19.7 Å². The van der Waals surface area contributed by atoms with Gasteiger partial charge >= 0.3 is 5.97 Å². The zero-order chi connectivity index (χ0) is 16.8. The third kappa shape index (κ3) is 4.15. The second-order valence-electron chi connectivity index (χ2n) is 5.11. The number of carbonyl (C=O) groups is 1. The maximum Gasteiger partial charge on any atom is 0.374 e. The van der Waals surface area contributed by atoms with E-state index in [4.69, 9.17) is 9.15 Å². The molecule has 1 aromatic carbocycles. The highest BCUT2D eigenvalue weighted by Crippen LogP contribution is 2.19. The fraction of sp³-hybridized carbons (Fsp3) is 0.375. The van der Waals surface area contributed by atoms with Crippen LogP contribution in [0.2, 0.25) is 0 Å². The Kier molecular flexibility index (Phi) is 5.46. The van der Waals surface area contributed by atoms with Crippen molar-refractivity contribution < 1.29 is 18.9 Å². The predicted octanol–water partition coefficient (Wildman–Crippen LogP) is 3.44. The van der Waals surface area contributed by atoms with Crippen molar-refractivity contribution in [3.8, 4) is 0 Å². The molecule has 7 heteroatoms. The van der Waals surface area contributed by atoms with Crippen molar-refractivity contribution in [3.05, 3.63) is 50.4 Å². The van der Waals surface area contributed by atoms with E-state index in [1.807, 2.05) is 0 Å². The number of nitro benzene ring substituents is 1. The summed E-state index contributed by atoms with van der Waals surface area (Å²) in [6.07, 6.45) is 3.83. The lowest BCUT2D eigenvalue weighted by Gasteiger charge is -2.05. The average molecular weight is 319 g/mol. The smallest absolute Gasteiger partial charge is 0.374 e. The van der Waals surface area contributed by atoms with Gasteiger partial charge in [0, 0.05) is 12.1 Å². The number of nitrogens with zero attached hydrogens (tertiary/aromatic N) is 1. The molecule has 0 amide bonds. The van der Waals surface area contributed by atoms with Crippen LogP contribution in [0, 0.1) is 10.1 Å². The number of hydrogen-bond donors (Lipinski definition) is 0. The number of hydrogen-bond acceptors (Lipinski definition) is 6. The maximum atomic E-state index is 12.0. The first kappa shape index (κ1) is 16.7. The molecule has 0 bridgehead atoms. The zero-order valence-electron chi connectivity index (χ0n) is 12.7. The number of rotatable bonds is 7. The van der Waals surface area contributed by atoms with Crippen molar-refractivity contribution in [3.63, 3.8) is 0 Å². The predicted molar refractivity (Wildman–Crippen MR) is 83.6 cm³/mol. The largest absolute Gasteiger partial charge is 0.460 e. The second kappa shape index (κ2) is 7.53. The number of fused-ring (bicyclic) bond motifs is 1. The molecule has 0 fully saturated rings. The van der Waals surface area contributed by atoms with E-state index in [2.05, 4.69) is 6.92 Å². The molecule has 0 spiro atoms. The number of ether oxygens (including phenoxy) is 1. The summed E-state index contributed by atoms with van der Waals surface area (Å²) >= 11 is 0. The lowest BCUT2D eigenvalue weighted by Crippen LogP contribution is -2.11. The Morgan fingerprint density at radius 1 is 1.26 bits per heavy atom. The summed E-state index contributed by atoms with van der Waals surface area (Å²) in [6.45, 7) is 2.32. The summed E-state index contributed by atoms with van der Waals surface area (Å²) in [4.78, 5) is 34.0. The van der Waals surface area contributed by atoms with Crippen molar-refractivity contribution in [2.24, 2.45) is 0 Å². The van der Waals surface area contributed by atoms with Gasteiger partial charge in [0.05, 0.1) is 23.0 Å². The van der Waals surface area contributed by atoms with Crippen molar-refractivity contribution >= 4 is 22.6 Å². The molecule has 23 heavy (non-hydrogen) atoms. The van der Waals surface area contributed by atoms with E-state index in [0.29, 0.717) is 0 Å². The van der Waals surface area contributed by atoms with E-state index >= 15 is 0 Å². The quantitative estimate of drug-likeness (QED) is 0.335. The molecule has 0 unspecified atom stereocenters. The van der Waals surface area contributed by atoms with Crippen LogP contribution in [-0.4, -0.2) is 17.5 Å². The Morgan fingerprint density at radius 2 is 2.04 bits per heavy atom. The fourth-order valence-electron chi connectivity index (χ4n) is 2.12. The summed E-state index contributed by atoms with van der Waals surface area (Å²) < 4.78 is 10.3. The first-order valence-electron chi connectivity index (χ1n) is 7.42. The standard InChI is InChI=1S/C16H17NO6/c1-2-3-4-5-8-22-16(19)15-10-13(18)12-7-6-11(17(20)21)9-14(12)23-15/h6-7,9-10H,2-5,8H2,1H3. The number of non-ortho nitro benzene ring substituents is 1. The normalized spacial score (nSPS) is 10.7. The molecule has 0 radical (unpaired) electrons. The molecular weight excluding hydrogens is 302 g/mol. The van der Waals surface area contributed by atoms with Crippen LogP contribution in [-0.2, 0) is 4.74 Å². The summed E-state index contributed by atoms with van der Waals surface area (Å²) in [7, 11) is 0. The molecular formula is C16H17NO6. The Bertz CT molecular complexity index is 780. The van der Waals surface area contributed by atoms with Gasteiger partial charge in [-0.3, -0.25) is 14.9 Å². The lowest BCUT2D eigenvalue weighted by molar-refractivity contribution is -0.384. The monoisotopic (exact) mass is 319 g/mol. The Balaban J connectivity index is 2.19. The molecule has 122 valence electrons. The molecule has 2 rings (SSSR count). The van der Waals surface area contributed by atoms with Crippen molar-refractivity contribution in [2.45, 2.75) is 32.6 Å². The molecule has 0 aliphatic heterocycles. The second-order valence-corrected chi connectivity index (χ2v) is 5.11. The van der Waals surface area contributed by atoms with Crippen molar-refractivity contribution in [1.82, 2.24) is 0 Å². The average Bonchev–Trinajstić information content (AvgIpc) is 2.53. The topological polar surface area (TPSA) is 99.7 Å². The van der Waals surface area contributed by atoms with Gasteiger partial charge in [-0.1, -0.05) is 26.2 Å². The number of esters is 1. The SMILES string of the molecule is CCCCCCOC(=O)c1cc(=O)c2ccc([N+](=O)[O-])cc2o1. The minimum atomic E-state index is -0.744. The van der Waals surface area contributed by atoms with E-state index < -0.39 is 16.3 Å². The van der Waals surface area contributed by atoms with Gasteiger partial charge < -0.3 is 9.15 Å².